The summed E-state index contributed by atoms with van der Waals surface area (Å²) in [6, 6.07) is 0. The van der Waals surface area contributed by atoms with E-state index in [1.54, 1.807) is 0 Å². The van der Waals surface area contributed by atoms with Crippen LogP contribution in [0.1, 0.15) is 19.3 Å². The third-order valence-electron chi connectivity index (χ3n) is 2.46. The van der Waals surface area contributed by atoms with Crippen molar-refractivity contribution in [2.75, 3.05) is 19.6 Å². The lowest BCUT2D eigenvalue weighted by molar-refractivity contribution is 0.175. The van der Waals surface area contributed by atoms with Crippen LogP contribution >= 0.6 is 0 Å². The lowest BCUT2D eigenvalue weighted by Gasteiger charge is -2.12. The fourth-order valence-electron chi connectivity index (χ4n) is 1.64. The van der Waals surface area contributed by atoms with Gasteiger partial charge in [0.25, 0.3) is 0 Å². The first-order chi connectivity index (χ1) is 4.84. The molecule has 1 unspecified atom stereocenters. The average Bonchev–Trinajstić information content (AvgIpc) is 2.59. The van der Waals surface area contributed by atoms with Gasteiger partial charge in [-0.25, -0.2) is 0 Å². The monoisotopic (exact) mass is 141 g/mol. The first-order valence-electron chi connectivity index (χ1n) is 4.25. The number of rotatable bonds is 2. The molecule has 0 bridgehead atoms. The molecule has 2 aliphatic rings. The molecule has 1 atom stereocenters. The molecule has 2 fully saturated rings. The molecule has 58 valence electrons. The van der Waals surface area contributed by atoms with Crippen molar-refractivity contribution in [1.82, 2.24) is 4.90 Å². The average molecular weight is 141 g/mol. The van der Waals surface area contributed by atoms with Gasteiger partial charge in [-0.2, -0.15) is 0 Å². The van der Waals surface area contributed by atoms with Gasteiger partial charge in [-0.05, 0) is 25.2 Å². The van der Waals surface area contributed by atoms with E-state index in [0.29, 0.717) is 0 Å². The minimum absolute atomic E-state index is 0.0289. The molecule has 0 radical (unpaired) electrons. The number of nitrogens with zero attached hydrogens (tertiary/aromatic N) is 1. The molecule has 2 rings (SSSR count). The van der Waals surface area contributed by atoms with E-state index >= 15 is 0 Å². The van der Waals surface area contributed by atoms with Gasteiger partial charge in [-0.1, -0.05) is 0 Å². The van der Waals surface area contributed by atoms with Crippen LogP contribution in [0.5, 0.6) is 0 Å². The molecule has 1 aliphatic heterocycles. The topological polar surface area (TPSA) is 23.5 Å². The number of hydrogen-bond acceptors (Lipinski definition) is 2. The summed E-state index contributed by atoms with van der Waals surface area (Å²) in [5.74, 6) is 0.977. The Morgan fingerprint density at radius 3 is 2.60 bits per heavy atom. The Labute approximate surface area is 61.8 Å². The Morgan fingerprint density at radius 1 is 1.30 bits per heavy atom. The Balaban J connectivity index is 1.72. The molecule has 0 aromatic heterocycles. The quantitative estimate of drug-likeness (QED) is 0.604. The van der Waals surface area contributed by atoms with Crippen LogP contribution in [0, 0.1) is 5.92 Å². The number of β-amino-alcohol motifs (C(OH)–C–C–N with tert-alkyl or cyclic N) is 1. The zero-order valence-corrected chi connectivity index (χ0v) is 6.29. The van der Waals surface area contributed by atoms with E-state index in [1.165, 1.54) is 19.4 Å². The van der Waals surface area contributed by atoms with Crippen molar-refractivity contribution < 1.29 is 5.11 Å². The minimum Gasteiger partial charge on any atom is -0.392 e. The smallest absolute Gasteiger partial charge is 0.0679 e. The molecule has 1 heterocycles. The highest BCUT2D eigenvalue weighted by atomic mass is 16.3. The summed E-state index contributed by atoms with van der Waals surface area (Å²) in [6.07, 6.45) is 3.81. The van der Waals surface area contributed by atoms with Crippen molar-refractivity contribution in [2.45, 2.75) is 25.4 Å². The van der Waals surface area contributed by atoms with Crippen molar-refractivity contribution in [3.8, 4) is 0 Å². The third-order valence-corrected chi connectivity index (χ3v) is 2.46. The standard InChI is InChI=1S/C8H15NO/c10-8-3-4-9(6-8)5-7-1-2-7/h7-8,10H,1-6H2. The van der Waals surface area contributed by atoms with Gasteiger partial charge >= 0.3 is 0 Å². The largest absolute Gasteiger partial charge is 0.392 e. The lowest BCUT2D eigenvalue weighted by Crippen LogP contribution is -2.24. The molecule has 10 heavy (non-hydrogen) atoms. The summed E-state index contributed by atoms with van der Waals surface area (Å²) in [4.78, 5) is 2.39. The van der Waals surface area contributed by atoms with Gasteiger partial charge in [0.05, 0.1) is 6.10 Å². The van der Waals surface area contributed by atoms with Crippen molar-refractivity contribution in [3.63, 3.8) is 0 Å². The maximum Gasteiger partial charge on any atom is 0.0679 e. The summed E-state index contributed by atoms with van der Waals surface area (Å²) in [7, 11) is 0. The molecule has 2 heteroatoms. The van der Waals surface area contributed by atoms with Crippen LogP contribution in [-0.2, 0) is 0 Å². The second-order valence-electron chi connectivity index (χ2n) is 3.65. The summed E-state index contributed by atoms with van der Waals surface area (Å²) in [5, 5.41) is 9.19. The normalized spacial score (nSPS) is 35.1. The number of aliphatic hydroxyl groups excluding tert-OH is 1. The molecule has 0 aromatic carbocycles. The molecule has 0 aromatic rings. The first-order valence-corrected chi connectivity index (χ1v) is 4.25. The van der Waals surface area contributed by atoms with E-state index in [4.69, 9.17) is 0 Å². The molecule has 1 N–H and O–H groups in total. The van der Waals surface area contributed by atoms with Crippen LogP contribution in [0.4, 0.5) is 0 Å². The third kappa shape index (κ3) is 1.50. The van der Waals surface area contributed by atoms with Gasteiger partial charge < -0.3 is 10.0 Å². The molecule has 0 spiro atoms. The van der Waals surface area contributed by atoms with E-state index in [2.05, 4.69) is 4.90 Å². The predicted molar refractivity (Wildman–Crippen MR) is 39.8 cm³/mol. The van der Waals surface area contributed by atoms with Crippen molar-refractivity contribution in [3.05, 3.63) is 0 Å². The zero-order chi connectivity index (χ0) is 6.97. The lowest BCUT2D eigenvalue weighted by atomic mass is 10.3. The minimum atomic E-state index is -0.0289. The van der Waals surface area contributed by atoms with Crippen LogP contribution in [0.2, 0.25) is 0 Å². The van der Waals surface area contributed by atoms with E-state index < -0.39 is 0 Å². The van der Waals surface area contributed by atoms with E-state index in [1.807, 2.05) is 0 Å². The predicted octanol–water partition coefficient (Wildman–Crippen LogP) is 0.463. The first kappa shape index (κ1) is 6.62. The van der Waals surface area contributed by atoms with Crippen molar-refractivity contribution >= 4 is 0 Å². The number of hydrogen-bond donors (Lipinski definition) is 1. The second kappa shape index (κ2) is 2.51. The maximum absolute atomic E-state index is 9.19. The van der Waals surface area contributed by atoms with Crippen LogP contribution < -0.4 is 0 Å². The van der Waals surface area contributed by atoms with Crippen LogP contribution in [0.3, 0.4) is 0 Å². The maximum atomic E-state index is 9.19. The molecule has 0 amide bonds. The van der Waals surface area contributed by atoms with E-state index in [-0.39, 0.29) is 6.10 Å². The van der Waals surface area contributed by atoms with Gasteiger partial charge in [-0.3, -0.25) is 0 Å². The molecule has 2 nitrogen and oxygen atoms in total. The number of aliphatic hydroxyl groups is 1. The zero-order valence-electron chi connectivity index (χ0n) is 6.29. The fraction of sp³-hybridized carbons (Fsp3) is 1.00. The Morgan fingerprint density at radius 2 is 2.10 bits per heavy atom. The van der Waals surface area contributed by atoms with Crippen molar-refractivity contribution in [2.24, 2.45) is 5.92 Å². The van der Waals surface area contributed by atoms with Gasteiger partial charge in [0.15, 0.2) is 0 Å². The Hall–Kier alpha value is -0.0800. The van der Waals surface area contributed by atoms with Crippen LogP contribution in [-0.4, -0.2) is 35.7 Å². The molecule has 1 saturated carbocycles. The SMILES string of the molecule is OC1CCN(CC2CC2)C1. The van der Waals surface area contributed by atoms with Gasteiger partial charge in [0.1, 0.15) is 0 Å². The molecule has 1 aliphatic carbocycles. The van der Waals surface area contributed by atoms with E-state index in [0.717, 1.165) is 25.4 Å². The van der Waals surface area contributed by atoms with E-state index in [9.17, 15) is 5.11 Å². The molecule has 1 saturated heterocycles. The van der Waals surface area contributed by atoms with Crippen LogP contribution in [0.15, 0.2) is 0 Å². The Bertz CT molecular complexity index is 122. The summed E-state index contributed by atoms with van der Waals surface area (Å²) in [5.41, 5.74) is 0. The van der Waals surface area contributed by atoms with Gasteiger partial charge in [-0.15, -0.1) is 0 Å². The van der Waals surface area contributed by atoms with Gasteiger partial charge in [0, 0.05) is 19.6 Å². The second-order valence-corrected chi connectivity index (χ2v) is 3.65. The summed E-state index contributed by atoms with van der Waals surface area (Å²) >= 11 is 0. The molecular formula is C8H15NO. The Kier molecular flexibility index (Phi) is 1.66. The van der Waals surface area contributed by atoms with Gasteiger partial charge in [0.2, 0.25) is 0 Å². The highest BCUT2D eigenvalue weighted by Crippen LogP contribution is 2.30. The summed E-state index contributed by atoms with van der Waals surface area (Å²) < 4.78 is 0. The number of likely N-dealkylation sites (tertiary alicyclic amines) is 1. The van der Waals surface area contributed by atoms with Crippen LogP contribution in [0.25, 0.3) is 0 Å². The molecular weight excluding hydrogens is 126 g/mol. The highest BCUT2D eigenvalue weighted by Gasteiger charge is 2.27. The summed E-state index contributed by atoms with van der Waals surface area (Å²) in [6.45, 7) is 3.30. The van der Waals surface area contributed by atoms with Crippen molar-refractivity contribution in [1.29, 1.82) is 0 Å². The fourth-order valence-corrected chi connectivity index (χ4v) is 1.64. The highest BCUT2D eigenvalue weighted by molar-refractivity contribution is 4.81.